The maximum Gasteiger partial charge on any atom is 0.406 e. The summed E-state index contributed by atoms with van der Waals surface area (Å²) in [6.07, 6.45) is -0.404. The molecular formula is C32H42F3N5O5S. The molecule has 0 atom stereocenters. The van der Waals surface area contributed by atoms with Gasteiger partial charge in [0, 0.05) is 42.3 Å². The molecule has 0 aliphatic heterocycles. The first-order valence-electron chi connectivity index (χ1n) is 15.1. The molecule has 10 nitrogen and oxygen atoms in total. The molecule has 1 aliphatic rings. The normalized spacial score (nSPS) is 17.3. The van der Waals surface area contributed by atoms with E-state index >= 15 is 0 Å². The molecule has 4 N–H and O–H groups in total. The summed E-state index contributed by atoms with van der Waals surface area (Å²) in [5.41, 5.74) is 1.87. The molecule has 46 heavy (non-hydrogen) atoms. The number of nitrogens with zero attached hydrogens (tertiary/aromatic N) is 3. The number of hydrogen-bond acceptors (Lipinski definition) is 8. The van der Waals surface area contributed by atoms with Crippen molar-refractivity contribution < 1.29 is 36.5 Å². The number of alkyl halides is 3. The number of anilines is 2. The van der Waals surface area contributed by atoms with Gasteiger partial charge in [-0.15, -0.1) is 0 Å². The Balaban J connectivity index is 1.55. The second-order valence-corrected chi connectivity index (χ2v) is 13.4. The highest BCUT2D eigenvalue weighted by Crippen LogP contribution is 2.33. The maximum absolute atomic E-state index is 13.7. The molecule has 2 aromatic carbocycles. The van der Waals surface area contributed by atoms with E-state index < -0.39 is 36.0 Å². The summed E-state index contributed by atoms with van der Waals surface area (Å²) in [7, 11) is 1.52. The smallest absolute Gasteiger partial charge is 0.406 e. The van der Waals surface area contributed by atoms with Crippen molar-refractivity contribution in [2.45, 2.75) is 55.4 Å². The van der Waals surface area contributed by atoms with Crippen LogP contribution in [-0.2, 0) is 16.6 Å². The Morgan fingerprint density at radius 1 is 1.02 bits per heavy atom. The first-order chi connectivity index (χ1) is 21.9. The van der Waals surface area contributed by atoms with E-state index in [-0.39, 0.29) is 42.0 Å². The summed E-state index contributed by atoms with van der Waals surface area (Å²) in [6.45, 7) is -2.32. The molecule has 1 aromatic heterocycles. The molecule has 1 saturated carbocycles. The number of methoxy groups -OCH3 is 1. The molecule has 0 spiro atoms. The molecule has 3 aromatic rings. The van der Waals surface area contributed by atoms with Crippen LogP contribution in [0.2, 0.25) is 0 Å². The number of nitrogens with one attached hydrogen (secondary N) is 2. The quantitative estimate of drug-likeness (QED) is 0.203. The lowest BCUT2D eigenvalue weighted by atomic mass is 9.90. The van der Waals surface area contributed by atoms with Gasteiger partial charge in [0.05, 0.1) is 48.7 Å². The zero-order valence-electron chi connectivity index (χ0n) is 26.3. The predicted molar refractivity (Wildman–Crippen MR) is 173 cm³/mol. The largest absolute Gasteiger partial charge is 0.495 e. The lowest BCUT2D eigenvalue weighted by Crippen LogP contribution is -2.36. The van der Waals surface area contributed by atoms with Gasteiger partial charge in [0.2, 0.25) is 10.0 Å². The number of aliphatic hydroxyl groups is 2. The van der Waals surface area contributed by atoms with Crippen molar-refractivity contribution >= 4 is 32.3 Å². The topological polar surface area (TPSA) is 119 Å². The monoisotopic (exact) mass is 665 g/mol. The minimum absolute atomic E-state index is 0.0391. The van der Waals surface area contributed by atoms with Gasteiger partial charge in [0.1, 0.15) is 12.3 Å². The van der Waals surface area contributed by atoms with Crippen molar-refractivity contribution in [2.24, 2.45) is 0 Å². The number of hydrogen-bond donors (Lipinski definition) is 4. The summed E-state index contributed by atoms with van der Waals surface area (Å²) in [5.74, 6) is 5.98. The van der Waals surface area contributed by atoms with Gasteiger partial charge < -0.3 is 35.1 Å². The van der Waals surface area contributed by atoms with E-state index in [1.165, 1.54) is 29.9 Å². The molecule has 4 rings (SSSR count). The van der Waals surface area contributed by atoms with Crippen molar-refractivity contribution in [1.29, 1.82) is 0 Å². The minimum Gasteiger partial charge on any atom is -0.495 e. The number of fused-ring (bicyclic) bond motifs is 1. The SMILES string of the molecule is COc1cc(S(=O)(=O)N(CCO)CCO)ccc1NCC#Cc1cc2c(NC3CCC(N(C)C)CC3)cccc2n1CC(F)(F)F. The third-order valence-electron chi connectivity index (χ3n) is 8.16. The Kier molecular flexibility index (Phi) is 11.8. The summed E-state index contributed by atoms with van der Waals surface area (Å²) in [4.78, 5) is 2.15. The number of rotatable bonds is 13. The van der Waals surface area contributed by atoms with Gasteiger partial charge in [-0.3, -0.25) is 0 Å². The van der Waals surface area contributed by atoms with Crippen molar-refractivity contribution in [2.75, 3.05) is 64.7 Å². The Morgan fingerprint density at radius 3 is 2.33 bits per heavy atom. The zero-order chi connectivity index (χ0) is 33.5. The number of ether oxygens (including phenoxy) is 1. The van der Waals surface area contributed by atoms with Crippen molar-refractivity contribution in [3.05, 3.63) is 48.2 Å². The van der Waals surface area contributed by atoms with E-state index in [2.05, 4.69) is 41.5 Å². The van der Waals surface area contributed by atoms with E-state index in [0.29, 0.717) is 22.6 Å². The van der Waals surface area contributed by atoms with Gasteiger partial charge in [-0.25, -0.2) is 8.42 Å². The van der Waals surface area contributed by atoms with E-state index in [9.17, 15) is 31.8 Å². The molecule has 1 heterocycles. The fraction of sp³-hybridized carbons (Fsp3) is 0.500. The standard InChI is InChI=1S/C32H42F3N5O5S/c1-38(2)24-11-9-23(10-12-24)37-28-7-4-8-30-27(28)20-25(40(30)22-32(33,34)35)6-5-15-36-29-14-13-26(21-31(29)45-3)46(43,44)39(16-18-41)17-19-42/h4,7-8,13-14,20-21,23-24,36-37,41-42H,9-12,15-19,22H2,1-3H3. The number of halogens is 3. The molecule has 0 saturated heterocycles. The van der Waals surface area contributed by atoms with Crippen LogP contribution in [0.15, 0.2) is 47.4 Å². The molecule has 14 heteroatoms. The van der Waals surface area contributed by atoms with Gasteiger partial charge in [0.15, 0.2) is 0 Å². The van der Waals surface area contributed by atoms with E-state index in [1.807, 2.05) is 6.07 Å². The number of aliphatic hydroxyl groups excluding tert-OH is 2. The van der Waals surface area contributed by atoms with Gasteiger partial charge in [-0.1, -0.05) is 12.0 Å². The summed E-state index contributed by atoms with van der Waals surface area (Å²) in [5, 5.41) is 25.8. The summed E-state index contributed by atoms with van der Waals surface area (Å²) >= 11 is 0. The molecule has 1 aliphatic carbocycles. The lowest BCUT2D eigenvalue weighted by Gasteiger charge is -2.33. The molecule has 1 fully saturated rings. The first-order valence-corrected chi connectivity index (χ1v) is 16.6. The third kappa shape index (κ3) is 8.65. The van der Waals surface area contributed by atoms with Crippen LogP contribution in [-0.4, -0.2) is 105 Å². The minimum atomic E-state index is -4.45. The van der Waals surface area contributed by atoms with Gasteiger partial charge >= 0.3 is 6.18 Å². The Morgan fingerprint density at radius 2 is 1.72 bits per heavy atom. The van der Waals surface area contributed by atoms with Crippen LogP contribution in [0.5, 0.6) is 5.75 Å². The van der Waals surface area contributed by atoms with Crippen LogP contribution in [0.1, 0.15) is 31.4 Å². The van der Waals surface area contributed by atoms with Gasteiger partial charge in [-0.05, 0) is 76.0 Å². The van der Waals surface area contributed by atoms with Crippen LogP contribution < -0.4 is 15.4 Å². The Hall–Kier alpha value is -3.48. The third-order valence-corrected chi connectivity index (χ3v) is 10.1. The number of sulfonamides is 1. The average Bonchev–Trinajstić information content (AvgIpc) is 3.35. The summed E-state index contributed by atoms with van der Waals surface area (Å²) < 4.78 is 74.5. The lowest BCUT2D eigenvalue weighted by molar-refractivity contribution is -0.140. The fourth-order valence-corrected chi connectivity index (χ4v) is 7.23. The van der Waals surface area contributed by atoms with Crippen LogP contribution in [0.4, 0.5) is 24.5 Å². The van der Waals surface area contributed by atoms with Crippen molar-refractivity contribution in [1.82, 2.24) is 13.8 Å². The van der Waals surface area contributed by atoms with E-state index in [0.717, 1.165) is 35.7 Å². The zero-order valence-corrected chi connectivity index (χ0v) is 27.1. The Labute approximate surface area is 268 Å². The fourth-order valence-electron chi connectivity index (χ4n) is 5.80. The highest BCUT2D eigenvalue weighted by molar-refractivity contribution is 7.89. The number of aromatic nitrogens is 1. The average molecular weight is 666 g/mol. The molecule has 0 unspecified atom stereocenters. The van der Waals surface area contributed by atoms with Crippen molar-refractivity contribution in [3.8, 4) is 17.6 Å². The first kappa shape index (κ1) is 35.4. The highest BCUT2D eigenvalue weighted by Gasteiger charge is 2.30. The summed E-state index contributed by atoms with van der Waals surface area (Å²) in [6, 6.07) is 11.9. The molecule has 0 radical (unpaired) electrons. The van der Waals surface area contributed by atoms with Gasteiger partial charge in [0.25, 0.3) is 0 Å². The molecule has 0 amide bonds. The second-order valence-electron chi connectivity index (χ2n) is 11.5. The van der Waals surface area contributed by atoms with E-state index in [1.54, 1.807) is 18.2 Å². The molecular weight excluding hydrogens is 623 g/mol. The van der Waals surface area contributed by atoms with Crippen LogP contribution in [0.3, 0.4) is 0 Å². The van der Waals surface area contributed by atoms with Gasteiger partial charge in [-0.2, -0.15) is 17.5 Å². The van der Waals surface area contributed by atoms with E-state index in [4.69, 9.17) is 4.74 Å². The van der Waals surface area contributed by atoms with Crippen LogP contribution >= 0.6 is 0 Å². The highest BCUT2D eigenvalue weighted by atomic mass is 32.2. The molecule has 0 bridgehead atoms. The van der Waals surface area contributed by atoms with Crippen LogP contribution in [0.25, 0.3) is 10.9 Å². The molecule has 252 valence electrons. The predicted octanol–water partition coefficient (Wildman–Crippen LogP) is 3.94. The van der Waals surface area contributed by atoms with Crippen molar-refractivity contribution in [3.63, 3.8) is 0 Å². The maximum atomic E-state index is 13.7. The second kappa shape index (κ2) is 15.4. The Bertz CT molecular complexity index is 1640. The number of benzene rings is 2. The van der Waals surface area contributed by atoms with Crippen LogP contribution in [0, 0.1) is 11.8 Å².